The van der Waals surface area contributed by atoms with Crippen molar-refractivity contribution in [3.63, 3.8) is 0 Å². The molecule has 2 heterocycles. The lowest BCUT2D eigenvalue weighted by Crippen LogP contribution is -2.45. The molecular weight excluding hydrogens is 388 g/mol. The average Bonchev–Trinajstić information content (AvgIpc) is 3.23. The molecule has 1 saturated heterocycles. The van der Waals surface area contributed by atoms with Crippen molar-refractivity contribution in [2.45, 2.75) is 31.3 Å². The lowest BCUT2D eigenvalue weighted by Gasteiger charge is -2.38. The van der Waals surface area contributed by atoms with Gasteiger partial charge in [0, 0.05) is 36.5 Å². The van der Waals surface area contributed by atoms with E-state index in [-0.39, 0.29) is 5.91 Å². The van der Waals surface area contributed by atoms with E-state index in [9.17, 15) is 9.90 Å². The average molecular weight is 411 g/mol. The fraction of sp³-hybridized carbons (Fsp3) is 0.304. The maximum Gasteiger partial charge on any atom is 0.223 e. The Balaban J connectivity index is 1.30. The lowest BCUT2D eigenvalue weighted by atomic mass is 9.84. The van der Waals surface area contributed by atoms with Crippen LogP contribution in [0.2, 0.25) is 5.02 Å². The van der Waals surface area contributed by atoms with Crippen molar-refractivity contribution in [2.75, 3.05) is 13.1 Å². The van der Waals surface area contributed by atoms with E-state index in [0.717, 1.165) is 11.1 Å². The molecule has 0 unspecified atom stereocenters. The molecule has 150 valence electrons. The van der Waals surface area contributed by atoms with Crippen LogP contribution in [0.25, 0.3) is 11.3 Å². The molecule has 1 N–H and O–H groups in total. The molecule has 0 spiro atoms. The maximum atomic E-state index is 12.6. The monoisotopic (exact) mass is 410 g/mol. The van der Waals surface area contributed by atoms with E-state index < -0.39 is 5.60 Å². The van der Waals surface area contributed by atoms with Crippen molar-refractivity contribution in [3.8, 4) is 11.3 Å². The molecule has 2 aromatic carbocycles. The van der Waals surface area contributed by atoms with Gasteiger partial charge in [-0.1, -0.05) is 54.1 Å². The number of likely N-dealkylation sites (tertiary alicyclic amines) is 1. The van der Waals surface area contributed by atoms with Crippen molar-refractivity contribution in [1.82, 2.24) is 9.88 Å². The Morgan fingerprint density at radius 3 is 2.48 bits per heavy atom. The van der Waals surface area contributed by atoms with Gasteiger partial charge in [0.1, 0.15) is 0 Å². The largest absolute Gasteiger partial charge is 0.441 e. The Morgan fingerprint density at radius 2 is 1.79 bits per heavy atom. The van der Waals surface area contributed by atoms with Gasteiger partial charge >= 0.3 is 0 Å². The minimum atomic E-state index is -0.908. The van der Waals surface area contributed by atoms with Crippen LogP contribution in [0.15, 0.2) is 65.2 Å². The summed E-state index contributed by atoms with van der Waals surface area (Å²) in [5.41, 5.74) is 0.909. The van der Waals surface area contributed by atoms with E-state index in [1.165, 1.54) is 0 Å². The number of hydrogen-bond acceptors (Lipinski definition) is 4. The maximum absolute atomic E-state index is 12.6. The second kappa shape index (κ2) is 8.39. The summed E-state index contributed by atoms with van der Waals surface area (Å²) in [6.45, 7) is 1.05. The van der Waals surface area contributed by atoms with Crippen LogP contribution < -0.4 is 0 Å². The number of benzene rings is 2. The number of hydrogen-bond donors (Lipinski definition) is 1. The molecule has 1 amide bonds. The van der Waals surface area contributed by atoms with Gasteiger partial charge in [0.2, 0.25) is 5.91 Å². The Hall–Kier alpha value is -2.63. The quantitative estimate of drug-likeness (QED) is 0.675. The SMILES string of the molecule is O=C(CCc1ncc(-c2ccccc2)o1)N1CCC(O)(c2ccc(Cl)cc2)CC1. The van der Waals surface area contributed by atoms with Crippen LogP contribution in [-0.4, -0.2) is 34.0 Å². The van der Waals surface area contributed by atoms with Crippen LogP contribution in [0.1, 0.15) is 30.7 Å². The first-order valence-corrected chi connectivity index (χ1v) is 10.2. The van der Waals surface area contributed by atoms with Crippen LogP contribution in [0, 0.1) is 0 Å². The molecule has 1 fully saturated rings. The summed E-state index contributed by atoms with van der Waals surface area (Å²) in [6, 6.07) is 17.0. The molecule has 6 heteroatoms. The predicted octanol–water partition coefficient (Wildman–Crippen LogP) is 4.44. The van der Waals surface area contributed by atoms with E-state index in [2.05, 4.69) is 4.98 Å². The fourth-order valence-corrected chi connectivity index (χ4v) is 3.83. The number of amides is 1. The van der Waals surface area contributed by atoms with E-state index in [1.54, 1.807) is 18.3 Å². The summed E-state index contributed by atoms with van der Waals surface area (Å²) >= 11 is 5.94. The molecule has 0 saturated carbocycles. The first kappa shape index (κ1) is 19.7. The van der Waals surface area contributed by atoms with E-state index >= 15 is 0 Å². The van der Waals surface area contributed by atoms with E-state index in [4.69, 9.17) is 16.0 Å². The Morgan fingerprint density at radius 1 is 1.10 bits per heavy atom. The van der Waals surface area contributed by atoms with Crippen molar-refractivity contribution in [1.29, 1.82) is 0 Å². The number of carbonyl (C=O) groups excluding carboxylic acids is 1. The molecule has 0 radical (unpaired) electrons. The van der Waals surface area contributed by atoms with Crippen molar-refractivity contribution in [2.24, 2.45) is 0 Å². The number of oxazole rings is 1. The number of rotatable bonds is 5. The van der Waals surface area contributed by atoms with E-state index in [0.29, 0.717) is 55.4 Å². The van der Waals surface area contributed by atoms with Crippen LogP contribution in [0.3, 0.4) is 0 Å². The number of piperidine rings is 1. The molecule has 0 bridgehead atoms. The number of aromatic nitrogens is 1. The highest BCUT2D eigenvalue weighted by Crippen LogP contribution is 2.33. The minimum Gasteiger partial charge on any atom is -0.441 e. The van der Waals surface area contributed by atoms with Crippen molar-refractivity contribution in [3.05, 3.63) is 77.3 Å². The summed E-state index contributed by atoms with van der Waals surface area (Å²) in [6.07, 6.45) is 3.52. The van der Waals surface area contributed by atoms with E-state index in [1.807, 2.05) is 47.4 Å². The molecule has 0 aliphatic carbocycles. The third-order valence-corrected chi connectivity index (χ3v) is 5.74. The van der Waals surface area contributed by atoms with Crippen LogP contribution in [0.5, 0.6) is 0 Å². The van der Waals surface area contributed by atoms with Gasteiger partial charge in [-0.05, 0) is 30.5 Å². The molecule has 4 rings (SSSR count). The normalized spacial score (nSPS) is 16.0. The first-order valence-electron chi connectivity index (χ1n) is 9.80. The molecule has 3 aromatic rings. The van der Waals surface area contributed by atoms with Gasteiger partial charge < -0.3 is 14.4 Å². The molecule has 0 atom stereocenters. The number of aliphatic hydroxyl groups is 1. The van der Waals surface area contributed by atoms with Gasteiger partial charge in [-0.2, -0.15) is 0 Å². The molecule has 1 aliphatic rings. The van der Waals surface area contributed by atoms with Gasteiger partial charge in [0.15, 0.2) is 11.7 Å². The zero-order valence-electron chi connectivity index (χ0n) is 16.1. The van der Waals surface area contributed by atoms with Crippen LogP contribution >= 0.6 is 11.6 Å². The second-order valence-corrected chi connectivity index (χ2v) is 7.84. The summed E-state index contributed by atoms with van der Waals surface area (Å²) in [7, 11) is 0. The number of carbonyl (C=O) groups is 1. The van der Waals surface area contributed by atoms with Crippen molar-refractivity contribution < 1.29 is 14.3 Å². The van der Waals surface area contributed by atoms with Gasteiger partial charge in [-0.25, -0.2) is 4.98 Å². The summed E-state index contributed by atoms with van der Waals surface area (Å²) in [5.74, 6) is 1.33. The molecular formula is C23H23ClN2O3. The standard InChI is InChI=1S/C23H23ClN2O3/c24-19-8-6-18(7-9-19)23(28)12-14-26(15-13-23)22(27)11-10-21-25-16-20(29-21)17-4-2-1-3-5-17/h1-9,16,28H,10-15H2. The topological polar surface area (TPSA) is 66.6 Å². The fourth-order valence-electron chi connectivity index (χ4n) is 3.71. The lowest BCUT2D eigenvalue weighted by molar-refractivity contribution is -0.135. The van der Waals surface area contributed by atoms with Gasteiger partial charge in [0.25, 0.3) is 0 Å². The summed E-state index contributed by atoms with van der Waals surface area (Å²) in [4.78, 5) is 18.7. The number of aryl methyl sites for hydroxylation is 1. The highest BCUT2D eigenvalue weighted by atomic mass is 35.5. The predicted molar refractivity (Wildman–Crippen MR) is 111 cm³/mol. The molecule has 1 aliphatic heterocycles. The Bertz CT molecular complexity index is 961. The highest BCUT2D eigenvalue weighted by Gasteiger charge is 2.35. The molecule has 29 heavy (non-hydrogen) atoms. The third-order valence-electron chi connectivity index (χ3n) is 5.49. The third kappa shape index (κ3) is 4.52. The molecule has 5 nitrogen and oxygen atoms in total. The summed E-state index contributed by atoms with van der Waals surface area (Å²) < 4.78 is 5.78. The Kier molecular flexibility index (Phi) is 5.69. The van der Waals surface area contributed by atoms with Gasteiger partial charge in [-0.3, -0.25) is 4.79 Å². The highest BCUT2D eigenvalue weighted by molar-refractivity contribution is 6.30. The first-order chi connectivity index (χ1) is 14.0. The summed E-state index contributed by atoms with van der Waals surface area (Å²) in [5, 5.41) is 11.6. The molecule has 1 aromatic heterocycles. The second-order valence-electron chi connectivity index (χ2n) is 7.40. The van der Waals surface area contributed by atoms with Crippen LogP contribution in [0.4, 0.5) is 0 Å². The van der Waals surface area contributed by atoms with Crippen molar-refractivity contribution >= 4 is 17.5 Å². The smallest absolute Gasteiger partial charge is 0.223 e. The van der Waals surface area contributed by atoms with Crippen LogP contribution in [-0.2, 0) is 16.8 Å². The zero-order chi connectivity index (χ0) is 20.3. The van der Waals surface area contributed by atoms with Gasteiger partial charge in [-0.15, -0.1) is 0 Å². The number of nitrogens with zero attached hydrogens (tertiary/aromatic N) is 2. The Labute approximate surface area is 174 Å². The van der Waals surface area contributed by atoms with Gasteiger partial charge in [0.05, 0.1) is 11.8 Å². The minimum absolute atomic E-state index is 0.0580. The zero-order valence-corrected chi connectivity index (χ0v) is 16.8. The number of halogens is 1.